The normalized spacial score (nSPS) is 13.3. The average molecular weight is 309 g/mol. The number of H-pyrrole nitrogens is 1. The smallest absolute Gasteiger partial charge is 0.123 e. The number of hydrogen-bond donors (Lipinski definition) is 2. The fraction of sp³-hybridized carbons (Fsp3) is 0.211. The zero-order valence-electron chi connectivity index (χ0n) is 13.3. The standard InChI is InChI=1S/C19H20FN3/c1-3-13(2)12-17(23-16-6-4-15(20)5-7-16)19-18-14(8-10-21-18)9-11-22-19/h4-12,17,21,23H,3H2,1-2H3/b13-12-. The molecule has 2 heterocycles. The van der Waals surface area contributed by atoms with Crippen molar-refractivity contribution in [1.29, 1.82) is 0 Å². The van der Waals surface area contributed by atoms with Crippen molar-refractivity contribution in [2.45, 2.75) is 26.3 Å². The Hall–Kier alpha value is -2.62. The minimum absolute atomic E-state index is 0.0808. The number of benzene rings is 1. The van der Waals surface area contributed by atoms with Crippen molar-refractivity contribution >= 4 is 16.6 Å². The summed E-state index contributed by atoms with van der Waals surface area (Å²) >= 11 is 0. The lowest BCUT2D eigenvalue weighted by Gasteiger charge is -2.18. The Bertz CT molecular complexity index is 818. The molecular formula is C19H20FN3. The number of hydrogen-bond acceptors (Lipinski definition) is 2. The summed E-state index contributed by atoms with van der Waals surface area (Å²) in [7, 11) is 0. The summed E-state index contributed by atoms with van der Waals surface area (Å²) in [5, 5.41) is 4.57. The number of fused-ring (bicyclic) bond motifs is 1. The van der Waals surface area contributed by atoms with Crippen molar-refractivity contribution in [1.82, 2.24) is 9.97 Å². The van der Waals surface area contributed by atoms with Crippen molar-refractivity contribution < 1.29 is 4.39 Å². The second-order valence-electron chi connectivity index (χ2n) is 5.63. The van der Waals surface area contributed by atoms with Crippen molar-refractivity contribution in [2.75, 3.05) is 5.32 Å². The van der Waals surface area contributed by atoms with Crippen LogP contribution in [0.4, 0.5) is 10.1 Å². The second-order valence-corrected chi connectivity index (χ2v) is 5.63. The van der Waals surface area contributed by atoms with E-state index < -0.39 is 0 Å². The van der Waals surface area contributed by atoms with Gasteiger partial charge in [-0.1, -0.05) is 18.6 Å². The number of rotatable bonds is 5. The molecule has 0 amide bonds. The van der Waals surface area contributed by atoms with Gasteiger partial charge in [0.15, 0.2) is 0 Å². The molecular weight excluding hydrogens is 289 g/mol. The molecule has 23 heavy (non-hydrogen) atoms. The van der Waals surface area contributed by atoms with Gasteiger partial charge in [0.05, 0.1) is 17.3 Å². The number of allylic oxidation sites excluding steroid dienone is 1. The summed E-state index contributed by atoms with van der Waals surface area (Å²) in [5.41, 5.74) is 4.09. The van der Waals surface area contributed by atoms with Crippen LogP contribution >= 0.6 is 0 Å². The maximum Gasteiger partial charge on any atom is 0.123 e. The number of aromatic nitrogens is 2. The highest BCUT2D eigenvalue weighted by Gasteiger charge is 2.15. The molecule has 1 unspecified atom stereocenters. The van der Waals surface area contributed by atoms with E-state index in [-0.39, 0.29) is 11.9 Å². The highest BCUT2D eigenvalue weighted by molar-refractivity contribution is 5.82. The number of aromatic amines is 1. The molecule has 0 spiro atoms. The average Bonchev–Trinajstić information content (AvgIpc) is 3.04. The van der Waals surface area contributed by atoms with E-state index in [1.54, 1.807) is 12.1 Å². The summed E-state index contributed by atoms with van der Waals surface area (Å²) < 4.78 is 13.1. The van der Waals surface area contributed by atoms with Gasteiger partial charge in [-0.2, -0.15) is 0 Å². The first-order chi connectivity index (χ1) is 11.2. The summed E-state index contributed by atoms with van der Waals surface area (Å²) in [5.74, 6) is -0.239. The van der Waals surface area contributed by atoms with Gasteiger partial charge in [0.1, 0.15) is 5.82 Å². The number of halogens is 1. The maximum absolute atomic E-state index is 13.1. The molecule has 4 heteroatoms. The van der Waals surface area contributed by atoms with Crippen molar-refractivity contribution in [3.63, 3.8) is 0 Å². The van der Waals surface area contributed by atoms with Gasteiger partial charge in [-0.25, -0.2) is 4.39 Å². The minimum Gasteiger partial charge on any atom is -0.373 e. The molecule has 0 radical (unpaired) electrons. The first-order valence-corrected chi connectivity index (χ1v) is 7.78. The Morgan fingerprint density at radius 1 is 1.26 bits per heavy atom. The molecule has 0 saturated heterocycles. The van der Waals surface area contributed by atoms with E-state index in [0.717, 1.165) is 28.7 Å². The van der Waals surface area contributed by atoms with E-state index in [2.05, 4.69) is 35.2 Å². The summed E-state index contributed by atoms with van der Waals surface area (Å²) in [4.78, 5) is 7.83. The Morgan fingerprint density at radius 2 is 2.04 bits per heavy atom. The van der Waals surface area contributed by atoms with Crippen LogP contribution in [0.2, 0.25) is 0 Å². The molecule has 2 aromatic heterocycles. The largest absolute Gasteiger partial charge is 0.373 e. The van der Waals surface area contributed by atoms with Crippen LogP contribution in [0, 0.1) is 5.82 Å². The first-order valence-electron chi connectivity index (χ1n) is 7.78. The summed E-state index contributed by atoms with van der Waals surface area (Å²) in [6, 6.07) is 10.3. The zero-order valence-corrected chi connectivity index (χ0v) is 13.3. The fourth-order valence-corrected chi connectivity index (χ4v) is 2.56. The Balaban J connectivity index is 2.01. The number of anilines is 1. The molecule has 0 aliphatic rings. The zero-order chi connectivity index (χ0) is 16.2. The van der Waals surface area contributed by atoms with Gasteiger partial charge in [0, 0.05) is 23.5 Å². The van der Waals surface area contributed by atoms with E-state index >= 15 is 0 Å². The molecule has 3 aromatic rings. The maximum atomic E-state index is 13.1. The summed E-state index contributed by atoms with van der Waals surface area (Å²) in [6.07, 6.45) is 6.88. The van der Waals surface area contributed by atoms with Gasteiger partial charge in [0.2, 0.25) is 0 Å². The van der Waals surface area contributed by atoms with Gasteiger partial charge < -0.3 is 10.3 Å². The molecule has 3 rings (SSSR count). The molecule has 118 valence electrons. The molecule has 3 nitrogen and oxygen atoms in total. The minimum atomic E-state index is -0.239. The van der Waals surface area contributed by atoms with Gasteiger partial charge in [-0.15, -0.1) is 0 Å². The Labute approximate surface area is 135 Å². The number of nitrogens with one attached hydrogen (secondary N) is 2. The highest BCUT2D eigenvalue weighted by atomic mass is 19.1. The van der Waals surface area contributed by atoms with Crippen LogP contribution in [0.15, 0.2) is 60.4 Å². The molecule has 0 saturated carbocycles. The van der Waals surface area contributed by atoms with Gasteiger partial charge in [-0.05, 0) is 49.7 Å². The summed E-state index contributed by atoms with van der Waals surface area (Å²) in [6.45, 7) is 4.23. The lowest BCUT2D eigenvalue weighted by atomic mass is 10.1. The lowest BCUT2D eigenvalue weighted by Crippen LogP contribution is -2.11. The van der Waals surface area contributed by atoms with Crippen LogP contribution in [0.25, 0.3) is 10.9 Å². The van der Waals surface area contributed by atoms with Crippen LogP contribution in [-0.2, 0) is 0 Å². The number of nitrogens with zero attached hydrogens (tertiary/aromatic N) is 1. The van der Waals surface area contributed by atoms with Gasteiger partial charge in [-0.3, -0.25) is 4.98 Å². The van der Waals surface area contributed by atoms with Crippen molar-refractivity contribution in [3.05, 3.63) is 72.0 Å². The molecule has 1 atom stereocenters. The monoisotopic (exact) mass is 309 g/mol. The number of pyridine rings is 1. The van der Waals surface area contributed by atoms with Crippen LogP contribution in [0.5, 0.6) is 0 Å². The molecule has 0 bridgehead atoms. The van der Waals surface area contributed by atoms with Crippen LogP contribution in [0.1, 0.15) is 32.0 Å². The third kappa shape index (κ3) is 3.42. The van der Waals surface area contributed by atoms with Crippen LogP contribution < -0.4 is 5.32 Å². The third-order valence-corrected chi connectivity index (χ3v) is 3.97. The fourth-order valence-electron chi connectivity index (χ4n) is 2.56. The van der Waals surface area contributed by atoms with E-state index in [4.69, 9.17) is 0 Å². The molecule has 0 fully saturated rings. The second kappa shape index (κ2) is 6.65. The van der Waals surface area contributed by atoms with E-state index in [1.165, 1.54) is 17.7 Å². The van der Waals surface area contributed by atoms with Crippen molar-refractivity contribution in [2.24, 2.45) is 0 Å². The van der Waals surface area contributed by atoms with E-state index in [0.29, 0.717) is 0 Å². The first kappa shape index (κ1) is 15.3. The topological polar surface area (TPSA) is 40.7 Å². The molecule has 0 aliphatic heterocycles. The van der Waals surface area contributed by atoms with E-state index in [9.17, 15) is 4.39 Å². The predicted octanol–water partition coefficient (Wildman–Crippen LogP) is 5.21. The quantitative estimate of drug-likeness (QED) is 0.635. The SMILES string of the molecule is CC/C(C)=C\C(Nc1ccc(F)cc1)c1nccc2cc[nH]c12. The van der Waals surface area contributed by atoms with Crippen molar-refractivity contribution in [3.8, 4) is 0 Å². The highest BCUT2D eigenvalue weighted by Crippen LogP contribution is 2.26. The van der Waals surface area contributed by atoms with Crippen LogP contribution in [-0.4, -0.2) is 9.97 Å². The Morgan fingerprint density at radius 3 is 2.78 bits per heavy atom. The molecule has 0 aliphatic carbocycles. The van der Waals surface area contributed by atoms with Gasteiger partial charge in [0.25, 0.3) is 0 Å². The predicted molar refractivity (Wildman–Crippen MR) is 92.9 cm³/mol. The lowest BCUT2D eigenvalue weighted by molar-refractivity contribution is 0.628. The van der Waals surface area contributed by atoms with E-state index in [1.807, 2.05) is 24.5 Å². The third-order valence-electron chi connectivity index (χ3n) is 3.97. The molecule has 1 aromatic carbocycles. The molecule has 2 N–H and O–H groups in total. The van der Waals surface area contributed by atoms with Gasteiger partial charge >= 0.3 is 0 Å². The van der Waals surface area contributed by atoms with Crippen LogP contribution in [0.3, 0.4) is 0 Å². The Kier molecular flexibility index (Phi) is 4.42.